The standard InChI is InChI=1S/C40H40P2/c1-5-13-35(14-6-1)41(36-15-7-2-8-16-36)39-29-31-21-25-33(39)27-23-32-22-26-34(28-24-31)40(30-32)42(37-17-9-3-10-18-37)38-19-11-4-12-20-38/h1-21,25,29,32,34,40H,22-24,26-28,30H2/t32-,34-,40-/m1/s1. The zero-order valence-electron chi connectivity index (χ0n) is 24.4. The summed E-state index contributed by atoms with van der Waals surface area (Å²) >= 11 is 0. The minimum absolute atomic E-state index is 0.382. The molecule has 42 heavy (non-hydrogen) atoms. The Balaban J connectivity index is 1.26. The second kappa shape index (κ2) is 13.1. The Bertz CT molecular complexity index is 1490. The number of rotatable bonds is 6. The first kappa shape index (κ1) is 27.8. The molecule has 0 saturated heterocycles. The van der Waals surface area contributed by atoms with Crippen LogP contribution < -0.4 is 26.5 Å². The predicted molar refractivity (Wildman–Crippen MR) is 185 cm³/mol. The number of benzene rings is 5. The van der Waals surface area contributed by atoms with Crippen LogP contribution in [0, 0.1) is 11.8 Å². The number of hydrogen-bond donors (Lipinski definition) is 0. The average molecular weight is 583 g/mol. The lowest BCUT2D eigenvalue weighted by atomic mass is 9.76. The van der Waals surface area contributed by atoms with E-state index in [9.17, 15) is 0 Å². The molecular formula is C40H40P2. The van der Waals surface area contributed by atoms with Crippen molar-refractivity contribution < 1.29 is 0 Å². The Morgan fingerprint density at radius 1 is 0.476 bits per heavy atom. The summed E-state index contributed by atoms with van der Waals surface area (Å²) in [7, 11) is -0.962. The molecule has 0 aromatic heterocycles. The van der Waals surface area contributed by atoms with Gasteiger partial charge in [-0.05, 0) is 110 Å². The third kappa shape index (κ3) is 6.04. The molecule has 2 heteroatoms. The zero-order valence-corrected chi connectivity index (χ0v) is 26.1. The maximum absolute atomic E-state index is 2.61. The van der Waals surface area contributed by atoms with Gasteiger partial charge in [0.1, 0.15) is 0 Å². The van der Waals surface area contributed by atoms with Crippen molar-refractivity contribution in [3.8, 4) is 0 Å². The summed E-state index contributed by atoms with van der Waals surface area (Å²) in [4.78, 5) is 0. The van der Waals surface area contributed by atoms with E-state index < -0.39 is 7.92 Å². The van der Waals surface area contributed by atoms with Gasteiger partial charge in [0.2, 0.25) is 0 Å². The van der Waals surface area contributed by atoms with Crippen LogP contribution in [-0.4, -0.2) is 5.66 Å². The Labute approximate surface area is 254 Å². The van der Waals surface area contributed by atoms with E-state index in [1.165, 1.54) is 61.1 Å². The van der Waals surface area contributed by atoms with E-state index in [-0.39, 0.29) is 7.92 Å². The van der Waals surface area contributed by atoms with E-state index >= 15 is 0 Å². The van der Waals surface area contributed by atoms with Gasteiger partial charge in [-0.25, -0.2) is 0 Å². The van der Waals surface area contributed by atoms with Gasteiger partial charge in [-0.2, -0.15) is 0 Å². The lowest BCUT2D eigenvalue weighted by Crippen LogP contribution is -2.35. The molecule has 0 heterocycles. The lowest BCUT2D eigenvalue weighted by molar-refractivity contribution is 0.260. The molecule has 0 nitrogen and oxygen atoms in total. The van der Waals surface area contributed by atoms with Crippen LogP contribution in [0.2, 0.25) is 0 Å². The maximum atomic E-state index is 2.61. The van der Waals surface area contributed by atoms with Crippen LogP contribution in [0.1, 0.15) is 43.2 Å². The molecule has 3 atom stereocenters. The third-order valence-corrected chi connectivity index (χ3v) is 15.0. The molecule has 0 aliphatic heterocycles. The molecule has 5 aromatic rings. The highest BCUT2D eigenvalue weighted by atomic mass is 31.1. The van der Waals surface area contributed by atoms with Gasteiger partial charge in [0, 0.05) is 0 Å². The fraction of sp³-hybridized carbons (Fsp3) is 0.250. The van der Waals surface area contributed by atoms with Crippen molar-refractivity contribution in [3.05, 3.63) is 151 Å². The maximum Gasteiger partial charge on any atom is -0.00977 e. The molecule has 5 aliphatic rings. The van der Waals surface area contributed by atoms with Crippen molar-refractivity contribution in [2.45, 2.75) is 50.6 Å². The molecular weight excluding hydrogens is 542 g/mol. The fourth-order valence-corrected chi connectivity index (χ4v) is 13.2. The lowest BCUT2D eigenvalue weighted by Gasteiger charge is -2.42. The molecule has 0 spiro atoms. The first-order chi connectivity index (χ1) is 20.8. The van der Waals surface area contributed by atoms with E-state index in [0.29, 0.717) is 0 Å². The van der Waals surface area contributed by atoms with Crippen LogP contribution in [0.5, 0.6) is 0 Å². The van der Waals surface area contributed by atoms with E-state index in [4.69, 9.17) is 0 Å². The molecule has 5 aromatic carbocycles. The van der Waals surface area contributed by atoms with Crippen molar-refractivity contribution >= 4 is 42.4 Å². The van der Waals surface area contributed by atoms with Gasteiger partial charge in [-0.3, -0.25) is 0 Å². The molecule has 1 saturated carbocycles. The van der Waals surface area contributed by atoms with Gasteiger partial charge >= 0.3 is 0 Å². The molecule has 1 fully saturated rings. The van der Waals surface area contributed by atoms with Crippen LogP contribution in [0.15, 0.2) is 140 Å². The van der Waals surface area contributed by atoms with Gasteiger partial charge in [0.25, 0.3) is 0 Å². The van der Waals surface area contributed by atoms with Crippen LogP contribution in [0.4, 0.5) is 0 Å². The Hall–Kier alpha value is -3.04. The molecule has 0 N–H and O–H groups in total. The third-order valence-electron chi connectivity index (χ3n) is 9.51. The highest BCUT2D eigenvalue weighted by molar-refractivity contribution is 7.80. The van der Waals surface area contributed by atoms with Crippen molar-refractivity contribution in [3.63, 3.8) is 0 Å². The average Bonchev–Trinajstić information content (AvgIpc) is 3.05. The largest absolute Gasteiger partial charge is 0.0622 e. The quantitative estimate of drug-likeness (QED) is 0.177. The van der Waals surface area contributed by atoms with Crippen molar-refractivity contribution in [2.24, 2.45) is 11.8 Å². The minimum atomic E-state index is -0.580. The van der Waals surface area contributed by atoms with E-state index in [0.717, 1.165) is 17.5 Å². The molecule has 210 valence electrons. The van der Waals surface area contributed by atoms with Gasteiger partial charge < -0.3 is 0 Å². The van der Waals surface area contributed by atoms with E-state index in [1.54, 1.807) is 21.5 Å². The summed E-state index contributed by atoms with van der Waals surface area (Å²) in [6, 6.07) is 53.1. The normalized spacial score (nSPS) is 20.4. The van der Waals surface area contributed by atoms with Crippen molar-refractivity contribution in [1.29, 1.82) is 0 Å². The smallest absolute Gasteiger partial charge is 0.00977 e. The predicted octanol–water partition coefficient (Wildman–Crippen LogP) is 8.24. The molecule has 4 bridgehead atoms. The van der Waals surface area contributed by atoms with Gasteiger partial charge in [0.15, 0.2) is 0 Å². The van der Waals surface area contributed by atoms with E-state index in [1.807, 2.05) is 0 Å². The van der Waals surface area contributed by atoms with Crippen LogP contribution >= 0.6 is 15.8 Å². The first-order valence-corrected chi connectivity index (χ1v) is 18.5. The second-order valence-electron chi connectivity index (χ2n) is 12.1. The van der Waals surface area contributed by atoms with E-state index in [2.05, 4.69) is 140 Å². The molecule has 10 rings (SSSR count). The summed E-state index contributed by atoms with van der Waals surface area (Å²) < 4.78 is 0. The molecule has 0 radical (unpaired) electrons. The Morgan fingerprint density at radius 2 is 1.02 bits per heavy atom. The molecule has 0 unspecified atom stereocenters. The first-order valence-electron chi connectivity index (χ1n) is 15.7. The topological polar surface area (TPSA) is 0 Å². The second-order valence-corrected chi connectivity index (χ2v) is 16.7. The SMILES string of the molecule is c1ccc(P(c2ccccc2)c2cc3ccc2CC[C@H]2CC[C@H](CC3)[C@H](P(c3ccccc3)c3ccccc3)C2)cc1. The summed E-state index contributed by atoms with van der Waals surface area (Å²) in [5.74, 6) is 1.58. The highest BCUT2D eigenvalue weighted by Crippen LogP contribution is 2.52. The summed E-state index contributed by atoms with van der Waals surface area (Å²) in [6.45, 7) is 0. The van der Waals surface area contributed by atoms with Gasteiger partial charge in [-0.1, -0.05) is 146 Å². The molecule has 0 amide bonds. The zero-order chi connectivity index (χ0) is 28.1. The fourth-order valence-electron chi connectivity index (χ4n) is 7.40. The number of hydrogen-bond acceptors (Lipinski definition) is 0. The van der Waals surface area contributed by atoms with Gasteiger partial charge in [0.05, 0.1) is 0 Å². The highest BCUT2D eigenvalue weighted by Gasteiger charge is 2.37. The summed E-state index contributed by atoms with van der Waals surface area (Å²) in [5.41, 5.74) is 3.86. The molecule has 5 aliphatic carbocycles. The number of aryl methyl sites for hydroxylation is 2. The minimum Gasteiger partial charge on any atom is -0.0622 e. The Kier molecular flexibility index (Phi) is 8.65. The van der Waals surface area contributed by atoms with Crippen molar-refractivity contribution in [2.75, 3.05) is 0 Å². The monoisotopic (exact) mass is 582 g/mol. The van der Waals surface area contributed by atoms with Crippen molar-refractivity contribution in [1.82, 2.24) is 0 Å². The summed E-state index contributed by atoms with van der Waals surface area (Å²) in [5, 5.41) is 7.62. The van der Waals surface area contributed by atoms with Crippen LogP contribution in [0.3, 0.4) is 0 Å². The Morgan fingerprint density at radius 3 is 1.60 bits per heavy atom. The van der Waals surface area contributed by atoms with Gasteiger partial charge in [-0.15, -0.1) is 0 Å². The van der Waals surface area contributed by atoms with Crippen LogP contribution in [0.25, 0.3) is 0 Å². The van der Waals surface area contributed by atoms with Crippen LogP contribution in [-0.2, 0) is 12.8 Å². The summed E-state index contributed by atoms with van der Waals surface area (Å²) in [6.07, 6.45) is 9.11.